The van der Waals surface area contributed by atoms with Crippen LogP contribution in [0.15, 0.2) is 18.2 Å². The lowest BCUT2D eigenvalue weighted by Crippen LogP contribution is -2.34. The van der Waals surface area contributed by atoms with Gasteiger partial charge < -0.3 is 5.32 Å². The van der Waals surface area contributed by atoms with Gasteiger partial charge in [-0.15, -0.1) is 0 Å². The molecule has 1 nitrogen and oxygen atoms in total. The third kappa shape index (κ3) is 3.19. The summed E-state index contributed by atoms with van der Waals surface area (Å²) in [5, 5.41) is 3.51. The van der Waals surface area contributed by atoms with E-state index in [0.29, 0.717) is 5.56 Å². The summed E-state index contributed by atoms with van der Waals surface area (Å²) in [5.41, 5.74) is 0.424. The van der Waals surface area contributed by atoms with Crippen molar-refractivity contribution in [3.8, 4) is 0 Å². The molecule has 1 N–H and O–H groups in total. The molecule has 0 aliphatic carbocycles. The van der Waals surface area contributed by atoms with Crippen LogP contribution in [0.25, 0.3) is 0 Å². The van der Waals surface area contributed by atoms with Crippen molar-refractivity contribution in [2.24, 2.45) is 0 Å². The van der Waals surface area contributed by atoms with E-state index < -0.39 is 0 Å². The van der Waals surface area contributed by atoms with E-state index in [4.69, 9.17) is 11.6 Å². The van der Waals surface area contributed by atoms with Crippen molar-refractivity contribution in [1.82, 2.24) is 5.32 Å². The maximum Gasteiger partial charge on any atom is 0.145 e. The van der Waals surface area contributed by atoms with Crippen LogP contribution in [0.5, 0.6) is 0 Å². The fourth-order valence-electron chi connectivity index (χ4n) is 1.70. The molecule has 0 saturated carbocycles. The van der Waals surface area contributed by atoms with Gasteiger partial charge in [-0.25, -0.2) is 4.39 Å². The Morgan fingerprint density at radius 1 is 1.38 bits per heavy atom. The second-order valence-corrected chi connectivity index (χ2v) is 5.07. The maximum absolute atomic E-state index is 13.8. The van der Waals surface area contributed by atoms with E-state index in [1.54, 1.807) is 18.2 Å². The molecule has 0 heterocycles. The molecule has 90 valence electrons. The summed E-state index contributed by atoms with van der Waals surface area (Å²) in [6.45, 7) is 7.85. The molecule has 0 bridgehead atoms. The molecule has 0 aliphatic heterocycles. The van der Waals surface area contributed by atoms with Crippen LogP contribution < -0.4 is 5.32 Å². The van der Waals surface area contributed by atoms with Gasteiger partial charge in [0, 0.05) is 12.0 Å². The Morgan fingerprint density at radius 3 is 2.69 bits per heavy atom. The first-order valence-corrected chi connectivity index (χ1v) is 6.02. The van der Waals surface area contributed by atoms with Crippen molar-refractivity contribution < 1.29 is 4.39 Å². The molecular weight excluding hydrogens is 225 g/mol. The molecule has 0 amide bonds. The summed E-state index contributed by atoms with van der Waals surface area (Å²) in [7, 11) is 0. The van der Waals surface area contributed by atoms with Gasteiger partial charge in [-0.1, -0.05) is 44.5 Å². The molecule has 0 spiro atoms. The molecular formula is C13H19ClFN. The molecule has 0 aliphatic rings. The van der Waals surface area contributed by atoms with Gasteiger partial charge in [0.2, 0.25) is 0 Å². The first-order chi connectivity index (χ1) is 7.49. The molecule has 0 atom stereocenters. The molecule has 0 radical (unpaired) electrons. The van der Waals surface area contributed by atoms with Crippen LogP contribution in [-0.4, -0.2) is 13.1 Å². The van der Waals surface area contributed by atoms with Gasteiger partial charge >= 0.3 is 0 Å². The van der Waals surface area contributed by atoms with Crippen LogP contribution >= 0.6 is 11.6 Å². The van der Waals surface area contributed by atoms with Crippen LogP contribution in [-0.2, 0) is 5.41 Å². The van der Waals surface area contributed by atoms with E-state index in [9.17, 15) is 4.39 Å². The maximum atomic E-state index is 13.8. The smallest absolute Gasteiger partial charge is 0.145 e. The molecule has 3 heteroatoms. The molecule has 0 saturated heterocycles. The number of benzene rings is 1. The summed E-state index contributed by atoms with van der Waals surface area (Å²) in [4.78, 5) is 0. The Bertz CT molecular complexity index is 350. The third-order valence-corrected chi connectivity index (χ3v) is 2.97. The van der Waals surface area contributed by atoms with Crippen LogP contribution in [0, 0.1) is 5.82 Å². The van der Waals surface area contributed by atoms with Gasteiger partial charge in [-0.2, -0.15) is 0 Å². The van der Waals surface area contributed by atoms with Crippen molar-refractivity contribution in [1.29, 1.82) is 0 Å². The first-order valence-electron chi connectivity index (χ1n) is 5.64. The Kier molecular flexibility index (Phi) is 4.75. The average molecular weight is 244 g/mol. The van der Waals surface area contributed by atoms with E-state index in [1.807, 2.05) is 13.8 Å². The summed E-state index contributed by atoms with van der Waals surface area (Å²) in [6, 6.07) is 5.17. The molecule has 0 unspecified atom stereocenters. The minimum absolute atomic E-state index is 0.195. The predicted molar refractivity (Wildman–Crippen MR) is 67.6 cm³/mol. The van der Waals surface area contributed by atoms with E-state index in [1.165, 1.54) is 0 Å². The minimum Gasteiger partial charge on any atom is -0.316 e. The Labute approximate surface area is 102 Å². The van der Waals surface area contributed by atoms with Gasteiger partial charge in [-0.3, -0.25) is 0 Å². The largest absolute Gasteiger partial charge is 0.316 e. The van der Waals surface area contributed by atoms with E-state index in [2.05, 4.69) is 12.2 Å². The SMILES string of the molecule is CCCNCC(C)(C)c1cccc(Cl)c1F. The van der Waals surface area contributed by atoms with Crippen LogP contribution in [0.2, 0.25) is 5.02 Å². The zero-order valence-electron chi connectivity index (χ0n) is 10.1. The van der Waals surface area contributed by atoms with Gasteiger partial charge in [0.1, 0.15) is 5.82 Å². The Hall–Kier alpha value is -0.600. The number of rotatable bonds is 5. The van der Waals surface area contributed by atoms with Gasteiger partial charge in [-0.05, 0) is 24.6 Å². The van der Waals surface area contributed by atoms with E-state index in [-0.39, 0.29) is 16.3 Å². The highest BCUT2D eigenvalue weighted by atomic mass is 35.5. The Balaban J connectivity index is 2.84. The van der Waals surface area contributed by atoms with Gasteiger partial charge in [0.15, 0.2) is 0 Å². The topological polar surface area (TPSA) is 12.0 Å². The fraction of sp³-hybridized carbons (Fsp3) is 0.538. The van der Waals surface area contributed by atoms with Crippen LogP contribution in [0.3, 0.4) is 0 Å². The molecule has 0 aromatic heterocycles. The lowest BCUT2D eigenvalue weighted by Gasteiger charge is -2.26. The molecule has 1 aromatic rings. The standard InChI is InChI=1S/C13H19ClFN/c1-4-8-16-9-13(2,3)10-6-5-7-11(14)12(10)15/h5-7,16H,4,8-9H2,1-3H3. The van der Waals surface area contributed by atoms with Gasteiger partial charge in [0.25, 0.3) is 0 Å². The second kappa shape index (κ2) is 5.65. The van der Waals surface area contributed by atoms with E-state index >= 15 is 0 Å². The summed E-state index contributed by atoms with van der Waals surface area (Å²) in [6.07, 6.45) is 1.08. The van der Waals surface area contributed by atoms with Crippen molar-refractivity contribution in [2.45, 2.75) is 32.6 Å². The second-order valence-electron chi connectivity index (χ2n) is 4.66. The minimum atomic E-state index is -0.299. The van der Waals surface area contributed by atoms with E-state index in [0.717, 1.165) is 19.5 Å². The normalized spacial score (nSPS) is 11.8. The summed E-state index contributed by atoms with van der Waals surface area (Å²) < 4.78 is 13.8. The highest BCUT2D eigenvalue weighted by molar-refractivity contribution is 6.30. The quantitative estimate of drug-likeness (QED) is 0.777. The van der Waals surface area contributed by atoms with Crippen molar-refractivity contribution in [3.05, 3.63) is 34.6 Å². The van der Waals surface area contributed by atoms with Gasteiger partial charge in [0.05, 0.1) is 5.02 Å². The lowest BCUT2D eigenvalue weighted by molar-refractivity contribution is 0.445. The monoisotopic (exact) mass is 243 g/mol. The summed E-state index contributed by atoms with van der Waals surface area (Å²) >= 11 is 5.79. The molecule has 1 aromatic carbocycles. The lowest BCUT2D eigenvalue weighted by atomic mass is 9.84. The fourth-order valence-corrected chi connectivity index (χ4v) is 1.87. The molecule has 16 heavy (non-hydrogen) atoms. The number of hydrogen-bond acceptors (Lipinski definition) is 1. The Morgan fingerprint density at radius 2 is 2.06 bits per heavy atom. The molecule has 0 fully saturated rings. The number of nitrogens with one attached hydrogen (secondary N) is 1. The van der Waals surface area contributed by atoms with Crippen molar-refractivity contribution in [3.63, 3.8) is 0 Å². The number of hydrogen-bond donors (Lipinski definition) is 1. The highest BCUT2D eigenvalue weighted by Crippen LogP contribution is 2.28. The summed E-state index contributed by atoms with van der Waals surface area (Å²) in [5.74, 6) is -0.299. The third-order valence-electron chi connectivity index (χ3n) is 2.67. The van der Waals surface area contributed by atoms with Crippen molar-refractivity contribution >= 4 is 11.6 Å². The number of halogens is 2. The highest BCUT2D eigenvalue weighted by Gasteiger charge is 2.24. The predicted octanol–water partition coefficient (Wildman–Crippen LogP) is 3.76. The zero-order chi connectivity index (χ0) is 12.2. The van der Waals surface area contributed by atoms with Crippen molar-refractivity contribution in [2.75, 3.05) is 13.1 Å². The van der Waals surface area contributed by atoms with Crippen LogP contribution in [0.4, 0.5) is 4.39 Å². The average Bonchev–Trinajstić information content (AvgIpc) is 2.22. The molecule has 1 rings (SSSR count). The van der Waals surface area contributed by atoms with Crippen LogP contribution in [0.1, 0.15) is 32.8 Å². The zero-order valence-corrected chi connectivity index (χ0v) is 10.9. The first kappa shape index (κ1) is 13.5.